The first-order chi connectivity index (χ1) is 15.2. The average molecular weight is 436 g/mol. The van der Waals surface area contributed by atoms with Gasteiger partial charge in [-0.05, 0) is 45.5 Å². The number of rotatable bonds is 9. The number of carbonyl (C=O) groups excluding carboxylic acids is 1. The molecule has 6 nitrogen and oxygen atoms in total. The second kappa shape index (κ2) is 10.3. The van der Waals surface area contributed by atoms with Crippen molar-refractivity contribution in [1.29, 1.82) is 0 Å². The van der Waals surface area contributed by atoms with Gasteiger partial charge in [0.15, 0.2) is 5.65 Å². The van der Waals surface area contributed by atoms with Crippen molar-refractivity contribution >= 4 is 11.6 Å². The molecule has 0 aliphatic heterocycles. The molecule has 0 radical (unpaired) electrons. The van der Waals surface area contributed by atoms with Crippen molar-refractivity contribution in [2.24, 2.45) is 0 Å². The van der Waals surface area contributed by atoms with Gasteiger partial charge < -0.3 is 10.2 Å². The summed E-state index contributed by atoms with van der Waals surface area (Å²) in [7, 11) is 0. The lowest BCUT2D eigenvalue weighted by Gasteiger charge is -2.20. The largest absolute Gasteiger partial charge is 0.348 e. The maximum absolute atomic E-state index is 13.3. The van der Waals surface area contributed by atoms with Crippen LogP contribution in [0.4, 0.5) is 0 Å². The van der Waals surface area contributed by atoms with Crippen LogP contribution in [0.15, 0.2) is 42.5 Å². The van der Waals surface area contributed by atoms with Crippen LogP contribution in [-0.4, -0.2) is 51.1 Å². The second-order valence-corrected chi connectivity index (χ2v) is 9.49. The predicted octanol–water partition coefficient (Wildman–Crippen LogP) is 4.93. The zero-order chi connectivity index (χ0) is 23.3. The summed E-state index contributed by atoms with van der Waals surface area (Å²) < 4.78 is 1.69. The van der Waals surface area contributed by atoms with Crippen LogP contribution in [0.1, 0.15) is 70.6 Å². The van der Waals surface area contributed by atoms with Gasteiger partial charge in [-0.2, -0.15) is 5.10 Å². The number of fused-ring (bicyclic) bond motifs is 1. The van der Waals surface area contributed by atoms with E-state index in [-0.39, 0.29) is 17.4 Å². The molecule has 2 heterocycles. The minimum Gasteiger partial charge on any atom is -0.348 e. The lowest BCUT2D eigenvalue weighted by molar-refractivity contribution is 0.0929. The van der Waals surface area contributed by atoms with Crippen molar-refractivity contribution in [3.05, 3.63) is 53.9 Å². The van der Waals surface area contributed by atoms with E-state index in [0.717, 1.165) is 49.4 Å². The molecular weight excluding hydrogens is 398 g/mol. The van der Waals surface area contributed by atoms with Crippen molar-refractivity contribution in [2.45, 2.75) is 65.8 Å². The first-order valence-electron chi connectivity index (χ1n) is 11.7. The Morgan fingerprint density at radius 2 is 1.81 bits per heavy atom. The summed E-state index contributed by atoms with van der Waals surface area (Å²) in [6.07, 6.45) is 1.99. The van der Waals surface area contributed by atoms with E-state index in [1.807, 2.05) is 42.5 Å². The highest BCUT2D eigenvalue weighted by Crippen LogP contribution is 2.25. The van der Waals surface area contributed by atoms with Gasteiger partial charge in [-0.15, -0.1) is 0 Å². The first-order valence-corrected chi connectivity index (χ1v) is 11.7. The Hall–Kier alpha value is -2.73. The maximum Gasteiger partial charge on any atom is 0.270 e. The summed E-state index contributed by atoms with van der Waals surface area (Å²) in [6, 6.07) is 13.9. The summed E-state index contributed by atoms with van der Waals surface area (Å²) >= 11 is 0. The third-order valence-corrected chi connectivity index (χ3v) is 5.88. The average Bonchev–Trinajstić information content (AvgIpc) is 3.21. The van der Waals surface area contributed by atoms with Gasteiger partial charge in [0.05, 0.1) is 11.4 Å². The van der Waals surface area contributed by atoms with Crippen LogP contribution in [-0.2, 0) is 5.41 Å². The lowest BCUT2D eigenvalue weighted by Crippen LogP contribution is -2.35. The number of aromatic nitrogens is 3. The Kier molecular flexibility index (Phi) is 7.67. The van der Waals surface area contributed by atoms with Crippen LogP contribution in [0, 0.1) is 0 Å². The molecule has 0 aliphatic rings. The van der Waals surface area contributed by atoms with E-state index in [4.69, 9.17) is 10.1 Å². The molecule has 1 N–H and O–H groups in total. The van der Waals surface area contributed by atoms with Gasteiger partial charge in [0.1, 0.15) is 5.69 Å². The summed E-state index contributed by atoms with van der Waals surface area (Å²) in [5.41, 5.74) is 3.74. The topological polar surface area (TPSA) is 62.5 Å². The van der Waals surface area contributed by atoms with Crippen LogP contribution in [0.5, 0.6) is 0 Å². The fourth-order valence-electron chi connectivity index (χ4n) is 3.79. The van der Waals surface area contributed by atoms with E-state index in [1.54, 1.807) is 4.52 Å². The third-order valence-electron chi connectivity index (χ3n) is 5.88. The van der Waals surface area contributed by atoms with E-state index >= 15 is 0 Å². The number of hydrogen-bond donors (Lipinski definition) is 1. The highest BCUT2D eigenvalue weighted by atomic mass is 16.2. The third kappa shape index (κ3) is 5.74. The fraction of sp³-hybridized carbons (Fsp3) is 0.500. The molecule has 0 aliphatic carbocycles. The van der Waals surface area contributed by atoms with Gasteiger partial charge in [-0.25, -0.2) is 9.50 Å². The number of carbonyl (C=O) groups is 1. The Morgan fingerprint density at radius 3 is 2.44 bits per heavy atom. The molecule has 32 heavy (non-hydrogen) atoms. The SMILES string of the molecule is CCN(CC)CCC[C@H](C)NC(=O)c1cc(-c2ccccc2)nc2cc(C(C)(C)C)nn12. The van der Waals surface area contributed by atoms with Gasteiger partial charge in [0.2, 0.25) is 0 Å². The van der Waals surface area contributed by atoms with E-state index in [0.29, 0.717) is 11.3 Å². The van der Waals surface area contributed by atoms with Gasteiger partial charge in [0.25, 0.3) is 5.91 Å². The number of nitrogens with one attached hydrogen (secondary N) is 1. The molecule has 3 rings (SSSR count). The zero-order valence-electron chi connectivity index (χ0n) is 20.4. The highest BCUT2D eigenvalue weighted by molar-refractivity contribution is 5.94. The number of benzene rings is 1. The molecular formula is C26H37N5O. The Balaban J connectivity index is 1.87. The number of nitrogens with zero attached hydrogens (tertiary/aromatic N) is 4. The summed E-state index contributed by atoms with van der Waals surface area (Å²) in [5.74, 6) is -0.117. The molecule has 0 spiro atoms. The van der Waals surface area contributed by atoms with Gasteiger partial charge in [0, 0.05) is 23.1 Å². The molecule has 2 aromatic heterocycles. The van der Waals surface area contributed by atoms with Crippen molar-refractivity contribution < 1.29 is 4.79 Å². The van der Waals surface area contributed by atoms with Crippen molar-refractivity contribution in [2.75, 3.05) is 19.6 Å². The molecule has 0 unspecified atom stereocenters. The Labute approximate surface area is 192 Å². The zero-order valence-corrected chi connectivity index (χ0v) is 20.4. The van der Waals surface area contributed by atoms with E-state index in [9.17, 15) is 4.79 Å². The minimum atomic E-state index is -0.133. The summed E-state index contributed by atoms with van der Waals surface area (Å²) in [6.45, 7) is 16.0. The molecule has 0 bridgehead atoms. The van der Waals surface area contributed by atoms with Crippen molar-refractivity contribution in [3.63, 3.8) is 0 Å². The Morgan fingerprint density at radius 1 is 1.12 bits per heavy atom. The first kappa shape index (κ1) is 23.9. The molecule has 6 heteroatoms. The molecule has 0 saturated carbocycles. The van der Waals surface area contributed by atoms with Crippen molar-refractivity contribution in [3.8, 4) is 11.3 Å². The Bertz CT molecular complexity index is 1030. The minimum absolute atomic E-state index is 0.0825. The fourth-order valence-corrected chi connectivity index (χ4v) is 3.79. The molecule has 1 amide bonds. The normalized spacial score (nSPS) is 13.0. The smallest absolute Gasteiger partial charge is 0.270 e. The molecule has 3 aromatic rings. The van der Waals surface area contributed by atoms with E-state index < -0.39 is 0 Å². The van der Waals surface area contributed by atoms with Crippen LogP contribution in [0.25, 0.3) is 16.9 Å². The van der Waals surface area contributed by atoms with Crippen LogP contribution in [0.2, 0.25) is 0 Å². The predicted molar refractivity (Wildman–Crippen MR) is 131 cm³/mol. The molecule has 0 fully saturated rings. The molecule has 1 atom stereocenters. The number of amides is 1. The standard InChI is InChI=1S/C26H37N5O/c1-7-30(8-2)16-12-13-19(3)27-25(32)22-17-21(20-14-10-9-11-15-20)28-24-18-23(26(4,5)6)29-31(22)24/h9-11,14-15,17-19H,7-8,12-13,16H2,1-6H3,(H,27,32)/t19-/m0/s1. The van der Waals surface area contributed by atoms with Gasteiger partial charge in [-0.1, -0.05) is 65.0 Å². The van der Waals surface area contributed by atoms with Gasteiger partial charge >= 0.3 is 0 Å². The molecule has 172 valence electrons. The van der Waals surface area contributed by atoms with E-state index in [2.05, 4.69) is 51.8 Å². The quantitative estimate of drug-likeness (QED) is 0.517. The highest BCUT2D eigenvalue weighted by Gasteiger charge is 2.22. The monoisotopic (exact) mass is 435 g/mol. The van der Waals surface area contributed by atoms with Crippen LogP contribution >= 0.6 is 0 Å². The maximum atomic E-state index is 13.3. The van der Waals surface area contributed by atoms with Crippen molar-refractivity contribution in [1.82, 2.24) is 24.8 Å². The molecule has 1 aromatic carbocycles. The van der Waals surface area contributed by atoms with Gasteiger partial charge in [-0.3, -0.25) is 4.79 Å². The molecule has 0 saturated heterocycles. The van der Waals surface area contributed by atoms with Crippen LogP contribution in [0.3, 0.4) is 0 Å². The van der Waals surface area contributed by atoms with E-state index in [1.165, 1.54) is 0 Å². The lowest BCUT2D eigenvalue weighted by atomic mass is 9.93. The summed E-state index contributed by atoms with van der Waals surface area (Å²) in [4.78, 5) is 20.5. The number of hydrogen-bond acceptors (Lipinski definition) is 4. The van der Waals surface area contributed by atoms with Crippen LogP contribution < -0.4 is 5.32 Å². The summed E-state index contributed by atoms with van der Waals surface area (Å²) in [5, 5.41) is 7.92. The second-order valence-electron chi connectivity index (χ2n) is 9.49.